The Labute approximate surface area is 154 Å². The summed E-state index contributed by atoms with van der Waals surface area (Å²) < 4.78 is 0. The fourth-order valence-electron chi connectivity index (χ4n) is 2.98. The van der Waals surface area contributed by atoms with Crippen molar-refractivity contribution in [1.29, 1.82) is 0 Å². The molecule has 1 aromatic rings. The summed E-state index contributed by atoms with van der Waals surface area (Å²) in [7, 11) is 0. The second kappa shape index (κ2) is 10.6. The summed E-state index contributed by atoms with van der Waals surface area (Å²) in [6.07, 6.45) is 1.53. The van der Waals surface area contributed by atoms with Gasteiger partial charge < -0.3 is 16.0 Å². The van der Waals surface area contributed by atoms with Gasteiger partial charge in [-0.3, -0.25) is 19.3 Å². The maximum atomic E-state index is 12.3. The molecule has 1 heterocycles. The Balaban J connectivity index is 1.61. The summed E-state index contributed by atoms with van der Waals surface area (Å²) in [6.45, 7) is 4.67. The van der Waals surface area contributed by atoms with Crippen molar-refractivity contribution >= 4 is 17.7 Å². The second-order valence-corrected chi connectivity index (χ2v) is 6.59. The Kier molecular flexibility index (Phi) is 8.08. The molecule has 1 aromatic carbocycles. The summed E-state index contributed by atoms with van der Waals surface area (Å²) in [5, 5.41) is 8.41. The first kappa shape index (κ1) is 19.9. The van der Waals surface area contributed by atoms with Crippen molar-refractivity contribution < 1.29 is 14.4 Å². The molecule has 0 atom stereocenters. The maximum absolute atomic E-state index is 12.3. The third-order valence-corrected chi connectivity index (χ3v) is 4.46. The van der Waals surface area contributed by atoms with E-state index < -0.39 is 0 Å². The number of nitrogens with zero attached hydrogens (tertiary/aromatic N) is 1. The van der Waals surface area contributed by atoms with Gasteiger partial charge >= 0.3 is 0 Å². The number of rotatable bonds is 8. The first-order chi connectivity index (χ1) is 12.5. The largest absolute Gasteiger partial charge is 0.355 e. The van der Waals surface area contributed by atoms with Crippen LogP contribution in [0.3, 0.4) is 0 Å². The first-order valence-corrected chi connectivity index (χ1v) is 9.09. The predicted octanol–water partition coefficient (Wildman–Crippen LogP) is 0.267. The molecular formula is C19H28N4O3. The van der Waals surface area contributed by atoms with Crippen molar-refractivity contribution in [3.63, 3.8) is 0 Å². The van der Waals surface area contributed by atoms with Crippen LogP contribution in [0.5, 0.6) is 0 Å². The number of hydrogen-bond acceptors (Lipinski definition) is 4. The summed E-state index contributed by atoms with van der Waals surface area (Å²) in [6, 6.07) is 9.86. The van der Waals surface area contributed by atoms with Crippen molar-refractivity contribution in [2.75, 3.05) is 32.7 Å². The standard InChI is InChI=1S/C19H28N4O3/c1-15(24)20-9-10-21-18(25)14-23-11-7-17(8-12-23)19(26)22-13-16-5-3-2-4-6-16/h2-6,17H,7-14H2,1H3,(H,20,24)(H,21,25)(H,22,26). The molecule has 0 aliphatic carbocycles. The molecule has 7 nitrogen and oxygen atoms in total. The number of amides is 3. The van der Waals surface area contributed by atoms with Gasteiger partial charge in [0.05, 0.1) is 6.54 Å². The maximum Gasteiger partial charge on any atom is 0.234 e. The van der Waals surface area contributed by atoms with Crippen LogP contribution in [-0.2, 0) is 20.9 Å². The van der Waals surface area contributed by atoms with Gasteiger partial charge in [0, 0.05) is 32.5 Å². The molecule has 142 valence electrons. The Morgan fingerprint density at radius 2 is 1.65 bits per heavy atom. The molecule has 26 heavy (non-hydrogen) atoms. The van der Waals surface area contributed by atoms with Crippen molar-refractivity contribution in [2.24, 2.45) is 5.92 Å². The molecular weight excluding hydrogens is 332 g/mol. The zero-order valence-electron chi connectivity index (χ0n) is 15.3. The molecule has 0 spiro atoms. The van der Waals surface area contributed by atoms with Gasteiger partial charge in [-0.2, -0.15) is 0 Å². The average molecular weight is 360 g/mol. The molecule has 1 fully saturated rings. The number of hydrogen-bond donors (Lipinski definition) is 3. The molecule has 1 aliphatic heterocycles. The molecule has 1 saturated heterocycles. The van der Waals surface area contributed by atoms with Gasteiger partial charge in [0.1, 0.15) is 0 Å². The number of piperidine rings is 1. The summed E-state index contributed by atoms with van der Waals surface area (Å²) in [5.41, 5.74) is 1.09. The molecule has 0 saturated carbocycles. The van der Waals surface area contributed by atoms with E-state index in [9.17, 15) is 14.4 Å². The number of carbonyl (C=O) groups is 3. The molecule has 0 bridgehead atoms. The van der Waals surface area contributed by atoms with Gasteiger partial charge in [-0.25, -0.2) is 0 Å². The lowest BCUT2D eigenvalue weighted by Gasteiger charge is -2.30. The predicted molar refractivity (Wildman–Crippen MR) is 99.1 cm³/mol. The first-order valence-electron chi connectivity index (χ1n) is 9.09. The molecule has 0 aromatic heterocycles. The molecule has 0 unspecified atom stereocenters. The van der Waals surface area contributed by atoms with Gasteiger partial charge in [0.25, 0.3) is 0 Å². The highest BCUT2D eigenvalue weighted by Crippen LogP contribution is 2.17. The van der Waals surface area contributed by atoms with Crippen molar-refractivity contribution in [3.8, 4) is 0 Å². The number of likely N-dealkylation sites (tertiary alicyclic amines) is 1. The lowest BCUT2D eigenvalue weighted by atomic mass is 9.96. The number of carbonyl (C=O) groups excluding carboxylic acids is 3. The lowest BCUT2D eigenvalue weighted by Crippen LogP contribution is -2.45. The van der Waals surface area contributed by atoms with Crippen LogP contribution in [0.2, 0.25) is 0 Å². The SMILES string of the molecule is CC(=O)NCCNC(=O)CN1CCC(C(=O)NCc2ccccc2)CC1. The average Bonchev–Trinajstić information content (AvgIpc) is 2.64. The Bertz CT molecular complexity index is 598. The zero-order chi connectivity index (χ0) is 18.8. The van der Waals surface area contributed by atoms with E-state index in [1.165, 1.54) is 6.92 Å². The van der Waals surface area contributed by atoms with Crippen molar-refractivity contribution in [1.82, 2.24) is 20.9 Å². The van der Waals surface area contributed by atoms with E-state index in [1.807, 2.05) is 30.3 Å². The van der Waals surface area contributed by atoms with Crippen LogP contribution in [0.25, 0.3) is 0 Å². The summed E-state index contributed by atoms with van der Waals surface area (Å²) in [5.74, 6) is -0.0553. The molecule has 3 N–H and O–H groups in total. The van der Waals surface area contributed by atoms with E-state index in [4.69, 9.17) is 0 Å². The third kappa shape index (κ3) is 7.23. The Morgan fingerprint density at radius 3 is 2.31 bits per heavy atom. The van der Waals surface area contributed by atoms with Crippen LogP contribution in [0.15, 0.2) is 30.3 Å². The van der Waals surface area contributed by atoms with E-state index in [-0.39, 0.29) is 23.6 Å². The topological polar surface area (TPSA) is 90.5 Å². The van der Waals surface area contributed by atoms with E-state index in [0.29, 0.717) is 26.2 Å². The normalized spacial score (nSPS) is 15.3. The van der Waals surface area contributed by atoms with E-state index in [0.717, 1.165) is 31.5 Å². The highest BCUT2D eigenvalue weighted by atomic mass is 16.2. The monoisotopic (exact) mass is 360 g/mol. The molecule has 2 rings (SSSR count). The van der Waals surface area contributed by atoms with E-state index >= 15 is 0 Å². The highest BCUT2D eigenvalue weighted by Gasteiger charge is 2.25. The molecule has 7 heteroatoms. The fourth-order valence-corrected chi connectivity index (χ4v) is 2.98. The smallest absolute Gasteiger partial charge is 0.234 e. The Morgan fingerprint density at radius 1 is 1.00 bits per heavy atom. The van der Waals surface area contributed by atoms with Gasteiger partial charge in [-0.1, -0.05) is 30.3 Å². The van der Waals surface area contributed by atoms with Crippen LogP contribution in [0.4, 0.5) is 0 Å². The third-order valence-electron chi connectivity index (χ3n) is 4.46. The zero-order valence-corrected chi connectivity index (χ0v) is 15.3. The van der Waals surface area contributed by atoms with Crippen LogP contribution in [0.1, 0.15) is 25.3 Å². The second-order valence-electron chi connectivity index (χ2n) is 6.59. The number of nitrogens with one attached hydrogen (secondary N) is 3. The van der Waals surface area contributed by atoms with Crippen LogP contribution < -0.4 is 16.0 Å². The van der Waals surface area contributed by atoms with E-state index in [1.54, 1.807) is 0 Å². The molecule has 3 amide bonds. The van der Waals surface area contributed by atoms with Crippen molar-refractivity contribution in [3.05, 3.63) is 35.9 Å². The van der Waals surface area contributed by atoms with E-state index in [2.05, 4.69) is 20.9 Å². The minimum Gasteiger partial charge on any atom is -0.355 e. The van der Waals surface area contributed by atoms with Gasteiger partial charge in [-0.15, -0.1) is 0 Å². The lowest BCUT2D eigenvalue weighted by molar-refractivity contribution is -0.127. The quantitative estimate of drug-likeness (QED) is 0.581. The number of benzene rings is 1. The van der Waals surface area contributed by atoms with Gasteiger partial charge in [0.2, 0.25) is 17.7 Å². The summed E-state index contributed by atoms with van der Waals surface area (Å²) in [4.78, 5) is 37.0. The molecule has 1 aliphatic rings. The van der Waals surface area contributed by atoms with Crippen LogP contribution in [0, 0.1) is 5.92 Å². The highest BCUT2D eigenvalue weighted by molar-refractivity contribution is 5.79. The Hall–Kier alpha value is -2.41. The molecule has 0 radical (unpaired) electrons. The summed E-state index contributed by atoms with van der Waals surface area (Å²) >= 11 is 0. The minimum atomic E-state index is -0.105. The van der Waals surface area contributed by atoms with Crippen molar-refractivity contribution in [2.45, 2.75) is 26.3 Å². The van der Waals surface area contributed by atoms with Crippen LogP contribution in [-0.4, -0.2) is 55.3 Å². The van der Waals surface area contributed by atoms with Gasteiger partial charge in [-0.05, 0) is 31.5 Å². The fraction of sp³-hybridized carbons (Fsp3) is 0.526. The minimum absolute atomic E-state index is 0.0118. The van der Waals surface area contributed by atoms with Crippen LogP contribution >= 0.6 is 0 Å². The van der Waals surface area contributed by atoms with Gasteiger partial charge in [0.15, 0.2) is 0 Å².